The van der Waals surface area contributed by atoms with Crippen LogP contribution in [0.4, 0.5) is 5.69 Å². The summed E-state index contributed by atoms with van der Waals surface area (Å²) in [7, 11) is 0. The van der Waals surface area contributed by atoms with Gasteiger partial charge in [0.15, 0.2) is 5.82 Å². The van der Waals surface area contributed by atoms with Gasteiger partial charge in [0, 0.05) is 5.69 Å². The van der Waals surface area contributed by atoms with Crippen molar-refractivity contribution in [2.45, 2.75) is 6.92 Å². The topological polar surface area (TPSA) is 111 Å². The van der Waals surface area contributed by atoms with Gasteiger partial charge in [-0.15, -0.1) is 0 Å². The maximum atomic E-state index is 10.9. The van der Waals surface area contributed by atoms with E-state index in [-0.39, 0.29) is 17.1 Å². The van der Waals surface area contributed by atoms with Gasteiger partial charge in [0.2, 0.25) is 0 Å². The largest absolute Gasteiger partial charge is 0.478 e. The molecule has 0 fully saturated rings. The van der Waals surface area contributed by atoms with Crippen molar-refractivity contribution in [3.8, 4) is 5.82 Å². The lowest BCUT2D eigenvalue weighted by Crippen LogP contribution is -2.04. The molecule has 0 amide bonds. The maximum absolute atomic E-state index is 10.9. The van der Waals surface area contributed by atoms with Crippen LogP contribution in [0.1, 0.15) is 16.1 Å². The van der Waals surface area contributed by atoms with Crippen molar-refractivity contribution in [2.75, 3.05) is 0 Å². The Balaban J connectivity index is 2.49. The minimum absolute atomic E-state index is 0.0515. The second-order valence-electron chi connectivity index (χ2n) is 3.56. The molecular formula is C10H8N4O4. The van der Waals surface area contributed by atoms with Crippen LogP contribution in [-0.2, 0) is 0 Å². The molecule has 0 saturated carbocycles. The molecule has 0 aromatic carbocycles. The lowest BCUT2D eigenvalue weighted by molar-refractivity contribution is -0.384. The van der Waals surface area contributed by atoms with E-state index in [2.05, 4.69) is 10.1 Å². The highest BCUT2D eigenvalue weighted by Gasteiger charge is 2.13. The summed E-state index contributed by atoms with van der Waals surface area (Å²) in [6.45, 7) is 1.63. The number of rotatable bonds is 3. The smallest absolute Gasteiger partial charge is 0.335 e. The van der Waals surface area contributed by atoms with Gasteiger partial charge in [-0.1, -0.05) is 0 Å². The Morgan fingerprint density at radius 1 is 1.50 bits per heavy atom. The van der Waals surface area contributed by atoms with Gasteiger partial charge >= 0.3 is 11.7 Å². The Morgan fingerprint density at radius 2 is 2.22 bits per heavy atom. The van der Waals surface area contributed by atoms with Gasteiger partial charge in [0.05, 0.1) is 10.5 Å². The zero-order chi connectivity index (χ0) is 13.3. The summed E-state index contributed by atoms with van der Waals surface area (Å²) in [6.07, 6.45) is 2.25. The zero-order valence-electron chi connectivity index (χ0n) is 9.27. The van der Waals surface area contributed by atoms with Crippen LogP contribution in [0.5, 0.6) is 0 Å². The molecule has 0 unspecified atom stereocenters. The molecule has 2 aromatic heterocycles. The highest BCUT2D eigenvalue weighted by atomic mass is 16.6. The Bertz CT molecular complexity index is 635. The molecule has 92 valence electrons. The quantitative estimate of drug-likeness (QED) is 0.644. The van der Waals surface area contributed by atoms with E-state index in [4.69, 9.17) is 5.11 Å². The molecule has 8 nitrogen and oxygen atoms in total. The summed E-state index contributed by atoms with van der Waals surface area (Å²) in [5.41, 5.74) is 0.355. The summed E-state index contributed by atoms with van der Waals surface area (Å²) in [4.78, 5) is 24.9. The van der Waals surface area contributed by atoms with E-state index in [0.29, 0.717) is 5.69 Å². The Kier molecular flexibility index (Phi) is 2.76. The van der Waals surface area contributed by atoms with Crippen LogP contribution < -0.4 is 0 Å². The molecule has 0 bridgehead atoms. The number of aromatic carboxylic acids is 1. The normalized spacial score (nSPS) is 10.3. The number of aryl methyl sites for hydroxylation is 1. The number of hydrogen-bond donors (Lipinski definition) is 1. The summed E-state index contributed by atoms with van der Waals surface area (Å²) in [6, 6.07) is 2.70. The number of nitro groups is 1. The predicted molar refractivity (Wildman–Crippen MR) is 59.7 cm³/mol. The summed E-state index contributed by atoms with van der Waals surface area (Å²) < 4.78 is 1.16. The molecule has 18 heavy (non-hydrogen) atoms. The van der Waals surface area contributed by atoms with Gasteiger partial charge in [0.1, 0.15) is 12.4 Å². The first kappa shape index (κ1) is 11.7. The number of aromatic nitrogens is 3. The highest BCUT2D eigenvalue weighted by Crippen LogP contribution is 2.14. The van der Waals surface area contributed by atoms with E-state index in [1.54, 1.807) is 6.92 Å². The molecule has 8 heteroatoms. The molecule has 0 aliphatic heterocycles. The number of carbonyl (C=O) groups is 1. The van der Waals surface area contributed by atoms with Crippen LogP contribution in [-0.4, -0.2) is 30.8 Å². The fourth-order valence-electron chi connectivity index (χ4n) is 1.42. The zero-order valence-corrected chi connectivity index (χ0v) is 9.27. The molecule has 0 aliphatic carbocycles. The molecular weight excluding hydrogens is 240 g/mol. The fourth-order valence-corrected chi connectivity index (χ4v) is 1.42. The molecule has 0 atom stereocenters. The molecule has 2 heterocycles. The third-order valence-corrected chi connectivity index (χ3v) is 2.20. The number of carboxylic acids is 1. The van der Waals surface area contributed by atoms with Gasteiger partial charge in [0.25, 0.3) is 0 Å². The standard InChI is InChI=1S/C10H8N4O4/c1-6-2-7(10(15)16)3-9(12-6)13-5-8(4-11-13)14(17)18/h2-5H,1H3,(H,15,16). The summed E-state index contributed by atoms with van der Waals surface area (Å²) in [5.74, 6) is -0.871. The van der Waals surface area contributed by atoms with Crippen molar-refractivity contribution < 1.29 is 14.8 Å². The van der Waals surface area contributed by atoms with Crippen molar-refractivity contribution in [2.24, 2.45) is 0 Å². The van der Waals surface area contributed by atoms with Crippen LogP contribution in [0, 0.1) is 17.0 Å². The van der Waals surface area contributed by atoms with E-state index in [1.165, 1.54) is 18.3 Å². The molecule has 0 saturated heterocycles. The van der Waals surface area contributed by atoms with Gasteiger partial charge in [-0.2, -0.15) is 5.10 Å². The molecule has 2 rings (SSSR count). The Hall–Kier alpha value is -2.77. The minimum atomic E-state index is -1.09. The highest BCUT2D eigenvalue weighted by molar-refractivity contribution is 5.88. The van der Waals surface area contributed by atoms with Crippen molar-refractivity contribution in [1.82, 2.24) is 14.8 Å². The van der Waals surface area contributed by atoms with Crippen LogP contribution in [0.3, 0.4) is 0 Å². The van der Waals surface area contributed by atoms with E-state index in [9.17, 15) is 14.9 Å². The molecule has 1 N–H and O–H groups in total. The number of nitrogens with zero attached hydrogens (tertiary/aromatic N) is 4. The molecule has 2 aromatic rings. The molecule has 0 spiro atoms. The van der Waals surface area contributed by atoms with Crippen molar-refractivity contribution in [3.63, 3.8) is 0 Å². The summed E-state index contributed by atoms with van der Waals surface area (Å²) in [5, 5.41) is 23.2. The number of pyridine rings is 1. The number of hydrogen-bond acceptors (Lipinski definition) is 5. The van der Waals surface area contributed by atoms with Crippen molar-refractivity contribution in [3.05, 3.63) is 45.9 Å². The van der Waals surface area contributed by atoms with E-state index < -0.39 is 10.9 Å². The van der Waals surface area contributed by atoms with E-state index in [0.717, 1.165) is 10.9 Å². The van der Waals surface area contributed by atoms with Gasteiger partial charge in [-0.25, -0.2) is 14.5 Å². The van der Waals surface area contributed by atoms with Crippen LogP contribution in [0.2, 0.25) is 0 Å². The van der Waals surface area contributed by atoms with Crippen molar-refractivity contribution in [1.29, 1.82) is 0 Å². The monoisotopic (exact) mass is 248 g/mol. The second-order valence-corrected chi connectivity index (χ2v) is 3.56. The molecule has 0 aliphatic rings. The summed E-state index contributed by atoms with van der Waals surface area (Å²) >= 11 is 0. The van der Waals surface area contributed by atoms with Gasteiger partial charge in [-0.05, 0) is 19.1 Å². The SMILES string of the molecule is Cc1cc(C(=O)O)cc(-n2cc([N+](=O)[O-])cn2)n1. The lowest BCUT2D eigenvalue weighted by Gasteiger charge is -2.03. The first-order valence-electron chi connectivity index (χ1n) is 4.89. The predicted octanol–water partition coefficient (Wildman–Crippen LogP) is 1.18. The maximum Gasteiger partial charge on any atom is 0.335 e. The second kappa shape index (κ2) is 4.24. The lowest BCUT2D eigenvalue weighted by atomic mass is 10.2. The van der Waals surface area contributed by atoms with Gasteiger partial charge in [-0.3, -0.25) is 10.1 Å². The van der Waals surface area contributed by atoms with Gasteiger partial charge < -0.3 is 5.11 Å². The first-order chi connectivity index (χ1) is 8.47. The fraction of sp³-hybridized carbons (Fsp3) is 0.100. The first-order valence-corrected chi connectivity index (χ1v) is 4.89. The average molecular weight is 248 g/mol. The third-order valence-electron chi connectivity index (χ3n) is 2.20. The number of carboxylic acid groups (broad SMARTS) is 1. The van der Waals surface area contributed by atoms with Crippen LogP contribution in [0.25, 0.3) is 5.82 Å². The average Bonchev–Trinajstić information content (AvgIpc) is 2.77. The van der Waals surface area contributed by atoms with Crippen molar-refractivity contribution >= 4 is 11.7 Å². The van der Waals surface area contributed by atoms with Crippen LogP contribution >= 0.6 is 0 Å². The Labute approximate surface area is 101 Å². The minimum Gasteiger partial charge on any atom is -0.478 e. The van der Waals surface area contributed by atoms with E-state index in [1.807, 2.05) is 0 Å². The van der Waals surface area contributed by atoms with E-state index >= 15 is 0 Å². The third kappa shape index (κ3) is 2.17. The molecule has 0 radical (unpaired) electrons. The van der Waals surface area contributed by atoms with Crippen LogP contribution in [0.15, 0.2) is 24.5 Å². The Morgan fingerprint density at radius 3 is 2.78 bits per heavy atom.